The minimum Gasteiger partial charge on any atom is -0.508 e. The van der Waals surface area contributed by atoms with Gasteiger partial charge in [-0.25, -0.2) is 0 Å². The van der Waals surface area contributed by atoms with Crippen molar-refractivity contribution in [3.63, 3.8) is 0 Å². The smallest absolute Gasteiger partial charge is 0.453 e. The Morgan fingerprint density at radius 1 is 0.932 bits per heavy atom. The highest BCUT2D eigenvalue weighted by molar-refractivity contribution is 7.99. The van der Waals surface area contributed by atoms with Crippen molar-refractivity contribution in [3.05, 3.63) is 83.4 Å². The second kappa shape index (κ2) is 14.3. The van der Waals surface area contributed by atoms with Crippen LogP contribution in [0.15, 0.2) is 66.7 Å². The molecule has 0 aromatic heterocycles. The van der Waals surface area contributed by atoms with E-state index >= 15 is 0 Å². The average molecular weight is 643 g/mol. The first-order valence-electron chi connectivity index (χ1n) is 14.1. The number of phenols is 2. The number of aliphatic hydroxyl groups is 1. The topological polar surface area (TPSA) is 88.4 Å². The Bertz CT molecular complexity index is 1350. The molecular weight excluding hydrogens is 607 g/mol. The summed E-state index contributed by atoms with van der Waals surface area (Å²) in [6.07, 6.45) is -7.98. The molecule has 3 atom stereocenters. The van der Waals surface area contributed by atoms with E-state index in [0.717, 1.165) is 16.7 Å². The lowest BCUT2D eigenvalue weighted by molar-refractivity contribution is -0.284. The zero-order valence-corrected chi connectivity index (χ0v) is 24.8. The normalized spacial score (nSPS) is 19.2. The number of aromatic hydroxyl groups is 2. The van der Waals surface area contributed by atoms with E-state index in [9.17, 15) is 37.3 Å². The predicted molar refractivity (Wildman–Crippen MR) is 157 cm³/mol. The summed E-state index contributed by atoms with van der Waals surface area (Å²) in [5.74, 6) is -2.89. The summed E-state index contributed by atoms with van der Waals surface area (Å²) in [5, 5.41) is 30.1. The number of halogens is 5. The van der Waals surface area contributed by atoms with Gasteiger partial charge in [0, 0.05) is 35.1 Å². The second-order valence-electron chi connectivity index (χ2n) is 10.9. The van der Waals surface area contributed by atoms with Crippen molar-refractivity contribution in [1.29, 1.82) is 0 Å². The fourth-order valence-electron chi connectivity index (χ4n) is 5.15. The Morgan fingerprint density at radius 2 is 1.61 bits per heavy atom. The van der Waals surface area contributed by atoms with Gasteiger partial charge in [0.2, 0.25) is 0 Å². The minimum absolute atomic E-state index is 0.0263. The van der Waals surface area contributed by atoms with Gasteiger partial charge in [0.15, 0.2) is 0 Å². The van der Waals surface area contributed by atoms with Crippen LogP contribution in [0.3, 0.4) is 0 Å². The number of alkyl halides is 5. The number of phenolic OH excluding ortho intramolecular Hbond substituents is 2. The highest BCUT2D eigenvalue weighted by Gasteiger charge is 2.56. The molecule has 1 heterocycles. The molecule has 12 heteroatoms. The third-order valence-corrected chi connectivity index (χ3v) is 8.56. The fraction of sp³-hybridized carbons (Fsp3) is 0.438. The Balaban J connectivity index is 1.28. The van der Waals surface area contributed by atoms with Gasteiger partial charge in [-0.15, -0.1) is 0 Å². The standard InChI is InChI=1S/C32H35F5O6S/c1-30(22-5-7-23(38)8-6-22)20-43-28-17-24(39)9-12-27(28)29(30)21-3-10-26(11-4-21)42-19-25(40)18-41-14-16-44-15-2-13-31(33,34)32(35,36)37/h3-12,17,25,29,38-40H,2,13-16,18-20H2,1H3/t25-,29?,30?/m1/s1. The predicted octanol–water partition coefficient (Wildman–Crippen LogP) is 7.05. The molecule has 0 saturated heterocycles. The Labute approximate surface area is 256 Å². The summed E-state index contributed by atoms with van der Waals surface area (Å²) in [4.78, 5) is 0. The van der Waals surface area contributed by atoms with Crippen molar-refractivity contribution in [2.75, 3.05) is 37.9 Å². The van der Waals surface area contributed by atoms with E-state index in [1.165, 1.54) is 11.8 Å². The van der Waals surface area contributed by atoms with Crippen molar-refractivity contribution >= 4 is 11.8 Å². The van der Waals surface area contributed by atoms with Gasteiger partial charge in [0.25, 0.3) is 0 Å². The molecule has 0 bridgehead atoms. The molecule has 1 aliphatic heterocycles. The van der Waals surface area contributed by atoms with Crippen LogP contribution in [0, 0.1) is 0 Å². The third-order valence-electron chi connectivity index (χ3n) is 7.53. The zero-order valence-electron chi connectivity index (χ0n) is 24.0. The number of thioether (sulfide) groups is 1. The molecular formula is C32H35F5O6S. The minimum atomic E-state index is -5.53. The van der Waals surface area contributed by atoms with Crippen LogP contribution in [0.5, 0.6) is 23.0 Å². The van der Waals surface area contributed by atoms with Crippen LogP contribution in [0.25, 0.3) is 0 Å². The maximum atomic E-state index is 12.9. The molecule has 0 radical (unpaired) electrons. The molecule has 0 fully saturated rings. The maximum Gasteiger partial charge on any atom is 0.453 e. The van der Waals surface area contributed by atoms with Gasteiger partial charge in [0.1, 0.15) is 35.7 Å². The summed E-state index contributed by atoms with van der Waals surface area (Å²) >= 11 is 1.20. The summed E-state index contributed by atoms with van der Waals surface area (Å²) in [6.45, 7) is 2.57. The largest absolute Gasteiger partial charge is 0.508 e. The first-order chi connectivity index (χ1) is 20.8. The molecule has 0 saturated carbocycles. The van der Waals surface area contributed by atoms with Crippen LogP contribution >= 0.6 is 11.8 Å². The first-order valence-corrected chi connectivity index (χ1v) is 15.2. The number of aliphatic hydroxyl groups excluding tert-OH is 1. The molecule has 0 spiro atoms. The highest BCUT2D eigenvalue weighted by Crippen LogP contribution is 2.51. The van der Waals surface area contributed by atoms with Crippen LogP contribution in [0.1, 0.15) is 42.4 Å². The first kappa shape index (κ1) is 33.7. The highest BCUT2D eigenvalue weighted by atomic mass is 32.2. The Kier molecular flexibility index (Phi) is 10.9. The fourth-order valence-corrected chi connectivity index (χ4v) is 5.94. The van der Waals surface area contributed by atoms with E-state index in [2.05, 4.69) is 6.92 Å². The number of rotatable bonds is 14. The monoisotopic (exact) mass is 642 g/mol. The SMILES string of the molecule is CC1(c2ccc(O)cc2)COc2cc(O)ccc2C1c1ccc(OC[C@H](O)COCCSCCCC(F)(F)C(F)(F)F)cc1. The van der Waals surface area contributed by atoms with Crippen LogP contribution in [-0.2, 0) is 10.2 Å². The lowest BCUT2D eigenvalue weighted by atomic mass is 9.65. The average Bonchev–Trinajstić information content (AvgIpc) is 2.97. The second-order valence-corrected chi connectivity index (χ2v) is 12.2. The summed E-state index contributed by atoms with van der Waals surface area (Å²) in [5.41, 5.74) is 2.36. The summed E-state index contributed by atoms with van der Waals surface area (Å²) in [7, 11) is 0. The zero-order chi connectivity index (χ0) is 32.0. The lowest BCUT2D eigenvalue weighted by Gasteiger charge is -2.43. The van der Waals surface area contributed by atoms with Gasteiger partial charge in [-0.1, -0.05) is 37.3 Å². The third kappa shape index (κ3) is 8.28. The molecule has 44 heavy (non-hydrogen) atoms. The maximum absolute atomic E-state index is 12.9. The number of ether oxygens (including phenoxy) is 3. The number of benzene rings is 3. The molecule has 240 valence electrons. The quantitative estimate of drug-likeness (QED) is 0.128. The lowest BCUT2D eigenvalue weighted by Crippen LogP contribution is -2.40. The van der Waals surface area contributed by atoms with E-state index in [0.29, 0.717) is 23.9 Å². The molecule has 4 rings (SSSR count). The van der Waals surface area contributed by atoms with E-state index in [1.54, 1.807) is 36.4 Å². The van der Waals surface area contributed by atoms with Crippen molar-refractivity contribution in [3.8, 4) is 23.0 Å². The number of fused-ring (bicyclic) bond motifs is 1. The number of hydrogen-bond donors (Lipinski definition) is 3. The van der Waals surface area contributed by atoms with E-state index < -0.39 is 30.0 Å². The molecule has 1 aliphatic rings. The van der Waals surface area contributed by atoms with Crippen LogP contribution < -0.4 is 9.47 Å². The number of hydrogen-bond acceptors (Lipinski definition) is 7. The molecule has 3 aromatic rings. The van der Waals surface area contributed by atoms with Gasteiger partial charge in [-0.05, 0) is 53.6 Å². The van der Waals surface area contributed by atoms with Crippen LogP contribution in [-0.4, -0.2) is 71.5 Å². The van der Waals surface area contributed by atoms with Gasteiger partial charge < -0.3 is 29.5 Å². The Morgan fingerprint density at radius 3 is 2.30 bits per heavy atom. The van der Waals surface area contributed by atoms with E-state index in [1.807, 2.05) is 30.3 Å². The summed E-state index contributed by atoms with van der Waals surface area (Å²) in [6, 6.07) is 19.6. The van der Waals surface area contributed by atoms with Crippen molar-refractivity contribution in [1.82, 2.24) is 0 Å². The van der Waals surface area contributed by atoms with Crippen molar-refractivity contribution in [2.24, 2.45) is 0 Å². The molecule has 2 unspecified atom stereocenters. The molecule has 0 aliphatic carbocycles. The Hall–Kier alpha value is -3.22. The van der Waals surface area contributed by atoms with Crippen molar-refractivity contribution in [2.45, 2.75) is 49.3 Å². The van der Waals surface area contributed by atoms with Crippen molar-refractivity contribution < 1.29 is 51.5 Å². The van der Waals surface area contributed by atoms with Gasteiger partial charge in [-0.2, -0.15) is 33.7 Å². The van der Waals surface area contributed by atoms with Crippen LogP contribution in [0.4, 0.5) is 22.0 Å². The van der Waals surface area contributed by atoms with Crippen LogP contribution in [0.2, 0.25) is 0 Å². The van der Waals surface area contributed by atoms with E-state index in [4.69, 9.17) is 14.2 Å². The molecule has 3 N–H and O–H groups in total. The summed E-state index contributed by atoms with van der Waals surface area (Å²) < 4.78 is 79.5. The van der Waals surface area contributed by atoms with Gasteiger partial charge >= 0.3 is 12.1 Å². The molecule has 6 nitrogen and oxygen atoms in total. The molecule has 0 amide bonds. The molecule has 3 aromatic carbocycles. The van der Waals surface area contributed by atoms with Gasteiger partial charge in [-0.3, -0.25) is 0 Å². The van der Waals surface area contributed by atoms with E-state index in [-0.39, 0.29) is 49.4 Å². The van der Waals surface area contributed by atoms with Gasteiger partial charge in [0.05, 0.1) is 19.8 Å².